The van der Waals surface area contributed by atoms with Crippen LogP contribution in [0, 0.1) is 6.92 Å². The van der Waals surface area contributed by atoms with E-state index in [0.717, 1.165) is 35.3 Å². The van der Waals surface area contributed by atoms with E-state index in [1.807, 2.05) is 66.4 Å². The van der Waals surface area contributed by atoms with Crippen LogP contribution < -0.4 is 10.6 Å². The summed E-state index contributed by atoms with van der Waals surface area (Å²) < 4.78 is 1.80. The van der Waals surface area contributed by atoms with E-state index in [9.17, 15) is 9.59 Å². The summed E-state index contributed by atoms with van der Waals surface area (Å²) in [5.41, 5.74) is 4.51. The highest BCUT2D eigenvalue weighted by molar-refractivity contribution is 6.30. The van der Waals surface area contributed by atoms with Crippen LogP contribution >= 0.6 is 11.6 Å². The van der Waals surface area contributed by atoms with Crippen molar-refractivity contribution in [2.45, 2.75) is 32.7 Å². The molecule has 2 amide bonds. The molecular formula is C28H29ClN6O2. The van der Waals surface area contributed by atoms with E-state index in [-0.39, 0.29) is 11.8 Å². The number of pyridine rings is 1. The summed E-state index contributed by atoms with van der Waals surface area (Å²) in [4.78, 5) is 31.7. The van der Waals surface area contributed by atoms with E-state index in [1.54, 1.807) is 10.9 Å². The highest BCUT2D eigenvalue weighted by Gasteiger charge is 2.22. The molecule has 0 atom stereocenters. The lowest BCUT2D eigenvalue weighted by atomic mass is 10.1. The Hall–Kier alpha value is -3.91. The van der Waals surface area contributed by atoms with E-state index >= 15 is 0 Å². The molecule has 0 saturated carbocycles. The van der Waals surface area contributed by atoms with Crippen molar-refractivity contribution in [3.8, 4) is 5.69 Å². The van der Waals surface area contributed by atoms with Crippen LogP contribution in [0.15, 0.2) is 60.8 Å². The average molecular weight is 517 g/mol. The third-order valence-electron chi connectivity index (χ3n) is 6.56. The number of likely N-dealkylation sites (tertiary alicyclic amines) is 1. The molecule has 2 aromatic heterocycles. The second kappa shape index (κ2) is 11.0. The molecule has 1 fully saturated rings. The third kappa shape index (κ3) is 5.44. The molecule has 3 heterocycles. The minimum Gasteiger partial charge on any atom is -0.380 e. The number of fused-ring (bicyclic) bond motifs is 1. The lowest BCUT2D eigenvalue weighted by molar-refractivity contribution is -0.127. The number of hydrogen-bond donors (Lipinski definition) is 2. The zero-order valence-electron chi connectivity index (χ0n) is 20.7. The van der Waals surface area contributed by atoms with Gasteiger partial charge in [0.15, 0.2) is 5.65 Å². The number of hydrogen-bond acceptors (Lipinski definition) is 5. The van der Waals surface area contributed by atoms with Crippen LogP contribution in [0.2, 0.25) is 5.02 Å². The van der Waals surface area contributed by atoms with Crippen molar-refractivity contribution in [2.24, 2.45) is 0 Å². The average Bonchev–Trinajstić information content (AvgIpc) is 3.48. The number of halogens is 1. The zero-order valence-corrected chi connectivity index (χ0v) is 21.5. The van der Waals surface area contributed by atoms with E-state index in [1.165, 1.54) is 0 Å². The Bertz CT molecular complexity index is 1420. The van der Waals surface area contributed by atoms with Gasteiger partial charge in [-0.3, -0.25) is 9.59 Å². The van der Waals surface area contributed by atoms with Crippen molar-refractivity contribution in [3.63, 3.8) is 0 Å². The number of nitrogens with one attached hydrogen (secondary N) is 2. The molecule has 1 aliphatic rings. The Kier molecular flexibility index (Phi) is 7.37. The van der Waals surface area contributed by atoms with Crippen molar-refractivity contribution in [3.05, 3.63) is 82.6 Å². The predicted octanol–water partition coefficient (Wildman–Crippen LogP) is 4.74. The number of para-hydroxylation sites is 1. The first-order valence-corrected chi connectivity index (χ1v) is 12.9. The molecule has 1 saturated heterocycles. The van der Waals surface area contributed by atoms with Gasteiger partial charge in [0.05, 0.1) is 28.0 Å². The lowest BCUT2D eigenvalue weighted by Gasteiger charge is -2.16. The number of benzene rings is 2. The van der Waals surface area contributed by atoms with Gasteiger partial charge in [0.25, 0.3) is 5.91 Å². The molecule has 0 aliphatic carbocycles. The van der Waals surface area contributed by atoms with Crippen molar-refractivity contribution in [2.75, 3.05) is 25.0 Å². The molecule has 2 N–H and O–H groups in total. The van der Waals surface area contributed by atoms with Crippen LogP contribution in [0.1, 0.15) is 40.9 Å². The predicted molar refractivity (Wildman–Crippen MR) is 145 cm³/mol. The summed E-state index contributed by atoms with van der Waals surface area (Å²) >= 11 is 6.05. The lowest BCUT2D eigenvalue weighted by Crippen LogP contribution is -2.31. The van der Waals surface area contributed by atoms with E-state index in [0.29, 0.717) is 54.4 Å². The van der Waals surface area contributed by atoms with Crippen LogP contribution in [-0.4, -0.2) is 51.1 Å². The van der Waals surface area contributed by atoms with Gasteiger partial charge in [-0.1, -0.05) is 41.9 Å². The maximum atomic E-state index is 13.3. The fraction of sp³-hybridized carbons (Fsp3) is 0.286. The van der Waals surface area contributed by atoms with Crippen LogP contribution in [0.5, 0.6) is 0 Å². The van der Waals surface area contributed by atoms with Crippen LogP contribution in [0.4, 0.5) is 5.69 Å². The molecule has 0 unspecified atom stereocenters. The smallest absolute Gasteiger partial charge is 0.254 e. The Morgan fingerprint density at radius 3 is 2.62 bits per heavy atom. The summed E-state index contributed by atoms with van der Waals surface area (Å²) in [7, 11) is 0. The van der Waals surface area contributed by atoms with Crippen LogP contribution in [0.25, 0.3) is 16.7 Å². The number of aryl methyl sites for hydroxylation is 1. The number of aromatic nitrogens is 3. The fourth-order valence-corrected chi connectivity index (χ4v) is 4.78. The molecule has 1 aliphatic heterocycles. The second-order valence-corrected chi connectivity index (χ2v) is 9.59. The molecule has 190 valence electrons. The molecule has 0 spiro atoms. The van der Waals surface area contributed by atoms with Crippen LogP contribution in [-0.2, 0) is 11.3 Å². The van der Waals surface area contributed by atoms with Crippen molar-refractivity contribution >= 4 is 40.1 Å². The number of carbonyl (C=O) groups is 2. The van der Waals surface area contributed by atoms with Gasteiger partial charge in [0, 0.05) is 43.8 Å². The summed E-state index contributed by atoms with van der Waals surface area (Å²) in [6.07, 6.45) is 3.84. The number of rotatable bonds is 9. The Labute approximate surface area is 220 Å². The normalized spacial score (nSPS) is 13.4. The minimum atomic E-state index is -0.215. The quantitative estimate of drug-likeness (QED) is 0.314. The second-order valence-electron chi connectivity index (χ2n) is 9.15. The van der Waals surface area contributed by atoms with Gasteiger partial charge < -0.3 is 15.5 Å². The summed E-state index contributed by atoms with van der Waals surface area (Å²) in [5.74, 6) is -0.0202. The van der Waals surface area contributed by atoms with Crippen molar-refractivity contribution < 1.29 is 9.59 Å². The van der Waals surface area contributed by atoms with Gasteiger partial charge >= 0.3 is 0 Å². The maximum Gasteiger partial charge on any atom is 0.254 e. The largest absolute Gasteiger partial charge is 0.380 e. The number of amides is 2. The maximum absolute atomic E-state index is 13.3. The standard InChI is InChI=1S/C28H29ClN6O2/c1-19-25-26(31-17-20-10-12-21(29)13-11-20)23(28(37)30-14-6-16-34-15-5-9-24(34)36)18-32-27(25)35(33-19)22-7-3-2-4-8-22/h2-4,7-8,10-13,18H,5-6,9,14-17H2,1H3,(H,30,37)(H,31,32). The summed E-state index contributed by atoms with van der Waals surface area (Å²) in [6.45, 7) is 4.35. The fourth-order valence-electron chi connectivity index (χ4n) is 4.66. The molecule has 2 aromatic carbocycles. The van der Waals surface area contributed by atoms with Gasteiger partial charge in [-0.05, 0) is 49.6 Å². The Morgan fingerprint density at radius 2 is 1.89 bits per heavy atom. The van der Waals surface area contributed by atoms with E-state index in [4.69, 9.17) is 16.7 Å². The number of nitrogens with zero attached hydrogens (tertiary/aromatic N) is 4. The molecule has 4 aromatic rings. The van der Waals surface area contributed by atoms with Gasteiger partial charge in [-0.25, -0.2) is 9.67 Å². The minimum absolute atomic E-state index is 0.195. The zero-order chi connectivity index (χ0) is 25.8. The molecular weight excluding hydrogens is 488 g/mol. The third-order valence-corrected chi connectivity index (χ3v) is 6.81. The summed E-state index contributed by atoms with van der Waals surface area (Å²) in [5, 5.41) is 12.7. The SMILES string of the molecule is Cc1nn(-c2ccccc2)c2ncc(C(=O)NCCCN3CCCC3=O)c(NCc3ccc(Cl)cc3)c12. The number of carbonyl (C=O) groups excluding carboxylic acids is 2. The van der Waals surface area contributed by atoms with Crippen molar-refractivity contribution in [1.29, 1.82) is 0 Å². The van der Waals surface area contributed by atoms with E-state index < -0.39 is 0 Å². The Balaban J connectivity index is 1.42. The number of anilines is 1. The first kappa shape index (κ1) is 24.8. The molecule has 37 heavy (non-hydrogen) atoms. The van der Waals surface area contributed by atoms with E-state index in [2.05, 4.69) is 15.6 Å². The first-order chi connectivity index (χ1) is 18.0. The molecule has 5 rings (SSSR count). The first-order valence-electron chi connectivity index (χ1n) is 12.5. The highest BCUT2D eigenvalue weighted by atomic mass is 35.5. The molecule has 9 heteroatoms. The van der Waals surface area contributed by atoms with Gasteiger partial charge in [0.2, 0.25) is 5.91 Å². The van der Waals surface area contributed by atoms with Crippen LogP contribution in [0.3, 0.4) is 0 Å². The molecule has 0 bridgehead atoms. The summed E-state index contributed by atoms with van der Waals surface area (Å²) in [6, 6.07) is 17.4. The topological polar surface area (TPSA) is 92.2 Å². The van der Waals surface area contributed by atoms with Gasteiger partial charge in [-0.2, -0.15) is 5.10 Å². The van der Waals surface area contributed by atoms with Gasteiger partial charge in [0.1, 0.15) is 0 Å². The van der Waals surface area contributed by atoms with Crippen molar-refractivity contribution in [1.82, 2.24) is 25.0 Å². The molecule has 0 radical (unpaired) electrons. The Morgan fingerprint density at radius 1 is 1.11 bits per heavy atom. The molecule has 8 nitrogen and oxygen atoms in total. The monoisotopic (exact) mass is 516 g/mol. The van der Waals surface area contributed by atoms with Gasteiger partial charge in [-0.15, -0.1) is 0 Å². The highest BCUT2D eigenvalue weighted by Crippen LogP contribution is 2.31.